The summed E-state index contributed by atoms with van der Waals surface area (Å²) in [5.74, 6) is -2.46. The van der Waals surface area contributed by atoms with Gasteiger partial charge in [-0.2, -0.15) is 0 Å². The number of nitrogens with zero attached hydrogens (tertiary/aromatic N) is 1. The number of rotatable bonds is 4. The lowest BCUT2D eigenvalue weighted by atomic mass is 10.3. The first-order chi connectivity index (χ1) is 11.7. The van der Waals surface area contributed by atoms with Crippen molar-refractivity contribution in [2.45, 2.75) is 0 Å². The van der Waals surface area contributed by atoms with Crippen LogP contribution in [0.3, 0.4) is 0 Å². The molecule has 0 aliphatic rings. The molecule has 6 nitrogen and oxygen atoms in total. The number of carbonyl (C=O) groups is 2. The number of hydrogen-bond acceptors (Lipinski definition) is 5. The minimum atomic E-state index is -1.04. The molecule has 1 heterocycles. The van der Waals surface area contributed by atoms with Crippen molar-refractivity contribution in [2.24, 2.45) is 0 Å². The van der Waals surface area contributed by atoms with Crippen molar-refractivity contribution in [3.63, 3.8) is 0 Å². The summed E-state index contributed by atoms with van der Waals surface area (Å²) in [6.07, 6.45) is 0. The van der Waals surface area contributed by atoms with Gasteiger partial charge < -0.3 is 15.8 Å². The highest BCUT2D eigenvalue weighted by Gasteiger charge is 2.21. The fraction of sp³-hybridized carbons (Fsp3) is 0.0714. The first-order valence-corrected chi connectivity index (χ1v) is 8.35. The highest BCUT2D eigenvalue weighted by atomic mass is 79.9. The van der Waals surface area contributed by atoms with E-state index in [1.165, 1.54) is 18.2 Å². The second kappa shape index (κ2) is 8.18. The van der Waals surface area contributed by atoms with Crippen molar-refractivity contribution >= 4 is 74.0 Å². The normalized spacial score (nSPS) is 10.4. The summed E-state index contributed by atoms with van der Waals surface area (Å²) in [6, 6.07) is 4.05. The Bertz CT molecular complexity index is 867. The molecule has 1 amide bonds. The zero-order chi connectivity index (χ0) is 18.7. The Balaban J connectivity index is 2.04. The van der Waals surface area contributed by atoms with Crippen LogP contribution in [-0.2, 0) is 9.53 Å². The van der Waals surface area contributed by atoms with Crippen LogP contribution in [0.2, 0.25) is 15.2 Å². The number of esters is 1. The quantitative estimate of drug-likeness (QED) is 0.512. The summed E-state index contributed by atoms with van der Waals surface area (Å²) < 4.78 is 18.9. The maximum atomic E-state index is 13.6. The van der Waals surface area contributed by atoms with Crippen molar-refractivity contribution in [3.8, 4) is 0 Å². The number of carbonyl (C=O) groups excluding carboxylic acids is 2. The van der Waals surface area contributed by atoms with Gasteiger partial charge in [-0.25, -0.2) is 14.2 Å². The van der Waals surface area contributed by atoms with E-state index < -0.39 is 30.0 Å². The molecule has 2 rings (SSSR count). The molecule has 0 aliphatic carbocycles. The summed E-state index contributed by atoms with van der Waals surface area (Å²) in [7, 11) is 0. The molecule has 0 atom stereocenters. The average molecular weight is 471 g/mol. The molecular formula is C14H8BrCl3FN3O3. The van der Waals surface area contributed by atoms with Gasteiger partial charge in [-0.15, -0.1) is 0 Å². The molecule has 0 unspecified atom stereocenters. The van der Waals surface area contributed by atoms with Crippen molar-refractivity contribution in [3.05, 3.63) is 49.4 Å². The monoisotopic (exact) mass is 469 g/mol. The number of pyridine rings is 1. The Morgan fingerprint density at radius 2 is 1.96 bits per heavy atom. The maximum absolute atomic E-state index is 13.6. The first kappa shape index (κ1) is 19.7. The van der Waals surface area contributed by atoms with E-state index in [4.69, 9.17) is 45.3 Å². The molecule has 132 valence electrons. The molecule has 1 aromatic carbocycles. The van der Waals surface area contributed by atoms with Gasteiger partial charge in [0.05, 0.1) is 16.4 Å². The third-order valence-corrected chi connectivity index (χ3v) is 4.43. The summed E-state index contributed by atoms with van der Waals surface area (Å²) in [5.41, 5.74) is 4.98. The Morgan fingerprint density at radius 3 is 2.60 bits per heavy atom. The van der Waals surface area contributed by atoms with E-state index in [0.717, 1.165) is 0 Å². The van der Waals surface area contributed by atoms with Gasteiger partial charge in [0, 0.05) is 4.47 Å². The number of nitrogens with two attached hydrogens (primary N) is 1. The van der Waals surface area contributed by atoms with Crippen molar-refractivity contribution in [1.82, 2.24) is 4.98 Å². The van der Waals surface area contributed by atoms with Gasteiger partial charge in [0.2, 0.25) is 0 Å². The Kier molecular flexibility index (Phi) is 6.45. The number of halogens is 5. The highest BCUT2D eigenvalue weighted by Crippen LogP contribution is 2.34. The molecule has 2 aromatic rings. The fourth-order valence-corrected chi connectivity index (χ4v) is 2.56. The number of nitrogens with one attached hydrogen (secondary N) is 1. The average Bonchev–Trinajstić information content (AvgIpc) is 2.56. The lowest BCUT2D eigenvalue weighted by Crippen LogP contribution is -2.22. The van der Waals surface area contributed by atoms with Gasteiger partial charge in [-0.1, -0.05) is 50.7 Å². The molecule has 0 saturated heterocycles. The van der Waals surface area contributed by atoms with Gasteiger partial charge in [0.25, 0.3) is 5.91 Å². The zero-order valence-corrected chi connectivity index (χ0v) is 15.9. The third kappa shape index (κ3) is 4.72. The number of hydrogen-bond donors (Lipinski definition) is 2. The fourth-order valence-electron chi connectivity index (χ4n) is 1.64. The lowest BCUT2D eigenvalue weighted by molar-refractivity contribution is -0.119. The minimum Gasteiger partial charge on any atom is -0.451 e. The number of benzene rings is 1. The standard InChI is InChI=1S/C14H8BrCl3FN3O3/c15-5-1-2-7(6(19)3-5)21-8(23)4-25-14(24)12-9(16)11(20)10(17)13(18)22-12/h1-3H,4H2,(H2,20,22)(H,21,23). The van der Waals surface area contributed by atoms with Crippen LogP contribution in [0.15, 0.2) is 22.7 Å². The summed E-state index contributed by atoms with van der Waals surface area (Å²) >= 11 is 20.4. The third-order valence-electron chi connectivity index (χ3n) is 2.80. The van der Waals surface area contributed by atoms with Crippen LogP contribution >= 0.6 is 50.7 Å². The lowest BCUT2D eigenvalue weighted by Gasteiger charge is -2.10. The highest BCUT2D eigenvalue weighted by molar-refractivity contribution is 9.10. The predicted octanol–water partition coefficient (Wildman–Crippen LogP) is 4.32. The SMILES string of the molecule is Nc1c(Cl)c(Cl)nc(C(=O)OCC(=O)Nc2ccc(Br)cc2F)c1Cl. The van der Waals surface area contributed by atoms with Gasteiger partial charge in [-0.05, 0) is 18.2 Å². The summed E-state index contributed by atoms with van der Waals surface area (Å²) in [5, 5.41) is 1.66. The smallest absolute Gasteiger partial charge is 0.359 e. The number of nitrogen functional groups attached to an aromatic ring is 1. The van der Waals surface area contributed by atoms with E-state index in [2.05, 4.69) is 26.2 Å². The molecule has 0 fully saturated rings. The van der Waals surface area contributed by atoms with Crippen LogP contribution in [-0.4, -0.2) is 23.5 Å². The van der Waals surface area contributed by atoms with E-state index in [0.29, 0.717) is 4.47 Å². The number of amides is 1. The zero-order valence-electron chi connectivity index (χ0n) is 12.1. The molecule has 11 heteroatoms. The van der Waals surface area contributed by atoms with Crippen molar-refractivity contribution in [1.29, 1.82) is 0 Å². The van der Waals surface area contributed by atoms with E-state index in [9.17, 15) is 14.0 Å². The Hall–Kier alpha value is -1.61. The van der Waals surface area contributed by atoms with Gasteiger partial charge in [-0.3, -0.25) is 4.79 Å². The molecule has 3 N–H and O–H groups in total. The second-order valence-corrected chi connectivity index (χ2v) is 6.57. The van der Waals surface area contributed by atoms with E-state index in [-0.39, 0.29) is 26.6 Å². The van der Waals surface area contributed by atoms with Gasteiger partial charge >= 0.3 is 5.97 Å². The molecule has 25 heavy (non-hydrogen) atoms. The van der Waals surface area contributed by atoms with Crippen LogP contribution in [0.4, 0.5) is 15.8 Å². The van der Waals surface area contributed by atoms with Crippen molar-refractivity contribution < 1.29 is 18.7 Å². The van der Waals surface area contributed by atoms with Gasteiger partial charge in [0.1, 0.15) is 10.8 Å². The van der Waals surface area contributed by atoms with E-state index in [1.54, 1.807) is 0 Å². The van der Waals surface area contributed by atoms with E-state index in [1.807, 2.05) is 0 Å². The maximum Gasteiger partial charge on any atom is 0.359 e. The van der Waals surface area contributed by atoms with Crippen LogP contribution < -0.4 is 11.1 Å². The molecule has 1 aromatic heterocycles. The second-order valence-electron chi connectivity index (χ2n) is 4.54. The van der Waals surface area contributed by atoms with Crippen LogP contribution in [0.25, 0.3) is 0 Å². The largest absolute Gasteiger partial charge is 0.451 e. The van der Waals surface area contributed by atoms with E-state index >= 15 is 0 Å². The summed E-state index contributed by atoms with van der Waals surface area (Å²) in [6.45, 7) is -0.702. The summed E-state index contributed by atoms with van der Waals surface area (Å²) in [4.78, 5) is 27.4. The molecule has 0 radical (unpaired) electrons. The number of ether oxygens (including phenoxy) is 1. The molecule has 0 aliphatic heterocycles. The number of anilines is 2. The Morgan fingerprint density at radius 1 is 1.28 bits per heavy atom. The molecule has 0 saturated carbocycles. The Labute approximate surface area is 164 Å². The molecule has 0 bridgehead atoms. The first-order valence-electron chi connectivity index (χ1n) is 6.42. The predicted molar refractivity (Wildman–Crippen MR) is 96.7 cm³/mol. The van der Waals surface area contributed by atoms with Crippen LogP contribution in [0.5, 0.6) is 0 Å². The molecular weight excluding hydrogens is 463 g/mol. The van der Waals surface area contributed by atoms with Crippen LogP contribution in [0, 0.1) is 5.82 Å². The van der Waals surface area contributed by atoms with Gasteiger partial charge in [0.15, 0.2) is 17.5 Å². The minimum absolute atomic E-state index is 0.0702. The topological polar surface area (TPSA) is 94.3 Å². The van der Waals surface area contributed by atoms with Crippen LogP contribution in [0.1, 0.15) is 10.5 Å². The molecule has 0 spiro atoms. The van der Waals surface area contributed by atoms with Crippen molar-refractivity contribution in [2.75, 3.05) is 17.7 Å². The number of aromatic nitrogens is 1.